The second kappa shape index (κ2) is 11.7. The Morgan fingerprint density at radius 3 is 2.63 bits per heavy atom. The largest absolute Gasteiger partial charge is 0.474 e. The molecule has 0 radical (unpaired) electrons. The maximum Gasteiger partial charge on any atom is 0.363 e. The van der Waals surface area contributed by atoms with E-state index in [1.807, 2.05) is 37.3 Å². The smallest absolute Gasteiger partial charge is 0.363 e. The molecule has 6 unspecified atom stereocenters. The van der Waals surface area contributed by atoms with Crippen molar-refractivity contribution < 1.29 is 41.6 Å². The molecule has 0 aromatic carbocycles. The fraction of sp³-hybridized carbons (Fsp3) is 0.696. The van der Waals surface area contributed by atoms with Gasteiger partial charge in [0.15, 0.2) is 18.0 Å². The van der Waals surface area contributed by atoms with E-state index in [1.165, 1.54) is 0 Å². The highest BCUT2D eigenvalue weighted by Crippen LogP contribution is 2.38. The average molecular weight is 532 g/mol. The highest BCUT2D eigenvalue weighted by Gasteiger charge is 2.47. The van der Waals surface area contributed by atoms with Gasteiger partial charge in [0.25, 0.3) is 10.1 Å². The van der Waals surface area contributed by atoms with Crippen LogP contribution in [0.1, 0.15) is 52.4 Å². The van der Waals surface area contributed by atoms with Crippen molar-refractivity contribution in [3.63, 3.8) is 0 Å². The fourth-order valence-electron chi connectivity index (χ4n) is 5.69. The molecule has 0 aromatic heterocycles. The number of hydrogen-bond donors (Lipinski definition) is 2. The van der Waals surface area contributed by atoms with Gasteiger partial charge >= 0.3 is 5.90 Å². The fourth-order valence-corrected chi connectivity index (χ4v) is 7.22. The highest BCUT2D eigenvalue weighted by atomic mass is 32.2. The van der Waals surface area contributed by atoms with Gasteiger partial charge in [0.1, 0.15) is 12.6 Å². The number of rotatable bonds is 9. The van der Waals surface area contributed by atoms with Crippen LogP contribution in [-0.2, 0) is 29.0 Å². The van der Waals surface area contributed by atoms with Gasteiger partial charge < -0.3 is 14.4 Å². The van der Waals surface area contributed by atoms with Crippen LogP contribution in [0.15, 0.2) is 36.3 Å². The Bertz CT molecular complexity index is 980. The molecule has 196 valence electrons. The first-order valence-electron chi connectivity index (χ1n) is 12.2. The minimum Gasteiger partial charge on any atom is -0.474 e. The summed E-state index contributed by atoms with van der Waals surface area (Å²) in [5.74, 6) is 1.58. The molecule has 2 heterocycles. The molecule has 2 aliphatic heterocycles. The zero-order valence-corrected chi connectivity index (χ0v) is 21.7. The molecule has 2 aliphatic carbocycles. The van der Waals surface area contributed by atoms with Crippen LogP contribution in [0.4, 0.5) is 0 Å². The van der Waals surface area contributed by atoms with Gasteiger partial charge in [-0.15, -0.1) is 4.33 Å². The maximum atomic E-state index is 11.6. The van der Waals surface area contributed by atoms with Gasteiger partial charge in [-0.1, -0.05) is 23.3 Å². The summed E-state index contributed by atoms with van der Waals surface area (Å²) in [6.45, 7) is 5.64. The Labute approximate surface area is 211 Å². The molecule has 12 heteroatoms. The molecular weight excluding hydrogens is 496 g/mol. The van der Waals surface area contributed by atoms with Crippen LogP contribution >= 0.6 is 12.0 Å². The monoisotopic (exact) mass is 531 g/mol. The summed E-state index contributed by atoms with van der Waals surface area (Å²) in [6, 6.07) is 0.218. The highest BCUT2D eigenvalue weighted by molar-refractivity contribution is 7.95. The number of hydrogen-bond acceptors (Lipinski definition) is 9. The lowest BCUT2D eigenvalue weighted by molar-refractivity contribution is -0.558. The zero-order chi connectivity index (χ0) is 25.0. The molecule has 0 spiro atoms. The van der Waals surface area contributed by atoms with Crippen LogP contribution in [0.3, 0.4) is 0 Å². The van der Waals surface area contributed by atoms with Crippen molar-refractivity contribution in [3.05, 3.63) is 36.3 Å². The molecule has 1 saturated heterocycles. The molecule has 2 saturated carbocycles. The van der Waals surface area contributed by atoms with E-state index in [0.29, 0.717) is 25.8 Å². The minimum atomic E-state index is -4.03. The molecule has 6 atom stereocenters. The molecular formula is C23H35N2O8S2+. The van der Waals surface area contributed by atoms with E-state index < -0.39 is 15.4 Å². The van der Waals surface area contributed by atoms with Gasteiger partial charge in [0, 0.05) is 36.3 Å². The van der Waals surface area contributed by atoms with E-state index in [4.69, 9.17) is 14.7 Å². The summed E-state index contributed by atoms with van der Waals surface area (Å²) in [4.78, 5) is 2.08. The van der Waals surface area contributed by atoms with Crippen molar-refractivity contribution in [2.75, 3.05) is 13.1 Å². The number of likely N-dealkylation sites (N-methyl/N-ethyl adjacent to an activating group) is 2. The van der Waals surface area contributed by atoms with E-state index in [2.05, 4.69) is 25.8 Å². The number of ether oxygens (including phenoxy) is 2. The quantitative estimate of drug-likeness (QED) is 0.115. The van der Waals surface area contributed by atoms with Gasteiger partial charge in [-0.05, 0) is 52.0 Å². The summed E-state index contributed by atoms with van der Waals surface area (Å²) >= 11 is 1.15. The Morgan fingerprint density at radius 1 is 1.11 bits per heavy atom. The first-order valence-corrected chi connectivity index (χ1v) is 14.5. The average Bonchev–Trinajstić information content (AvgIpc) is 3.37. The van der Waals surface area contributed by atoms with Crippen LogP contribution in [0, 0.1) is 0 Å². The van der Waals surface area contributed by atoms with E-state index in [0.717, 1.165) is 49.6 Å². The van der Waals surface area contributed by atoms with E-state index in [1.54, 1.807) is 0 Å². The van der Waals surface area contributed by atoms with Crippen LogP contribution in [0.25, 0.3) is 0 Å². The molecule has 0 amide bonds. The lowest BCUT2D eigenvalue weighted by Crippen LogP contribution is -2.43. The van der Waals surface area contributed by atoms with Crippen molar-refractivity contribution in [2.45, 2.75) is 87.2 Å². The molecule has 0 bridgehead atoms. The summed E-state index contributed by atoms with van der Waals surface area (Å²) in [5.41, 5.74) is 0. The molecule has 10 nitrogen and oxygen atoms in total. The van der Waals surface area contributed by atoms with Crippen LogP contribution in [-0.4, -0.2) is 81.5 Å². The molecule has 2 N–H and O–H groups in total. The van der Waals surface area contributed by atoms with Gasteiger partial charge in [-0.25, -0.2) is 5.26 Å². The van der Waals surface area contributed by atoms with Crippen molar-refractivity contribution in [1.82, 2.24) is 4.90 Å². The number of allylic oxidation sites excluding steroid dienone is 4. The molecule has 4 rings (SSSR count). The van der Waals surface area contributed by atoms with E-state index >= 15 is 0 Å². The predicted molar refractivity (Wildman–Crippen MR) is 131 cm³/mol. The number of nitrogens with zero attached hydrogens (tertiary/aromatic N) is 2. The molecule has 3 fully saturated rings. The van der Waals surface area contributed by atoms with Gasteiger partial charge in [0.2, 0.25) is 0 Å². The lowest BCUT2D eigenvalue weighted by Gasteiger charge is -2.32. The van der Waals surface area contributed by atoms with Crippen molar-refractivity contribution in [2.24, 2.45) is 0 Å². The Morgan fingerprint density at radius 2 is 1.91 bits per heavy atom. The van der Waals surface area contributed by atoms with Gasteiger partial charge in [-0.3, -0.25) is 4.55 Å². The Balaban J connectivity index is 1.38. The van der Waals surface area contributed by atoms with Gasteiger partial charge in [0.05, 0.1) is 11.3 Å². The minimum absolute atomic E-state index is 0.0453. The predicted octanol–water partition coefficient (Wildman–Crippen LogP) is 3.29. The maximum absolute atomic E-state index is 11.6. The summed E-state index contributed by atoms with van der Waals surface area (Å²) in [7, 11) is -4.03. The molecule has 35 heavy (non-hydrogen) atoms. The summed E-state index contributed by atoms with van der Waals surface area (Å²) in [5, 5.41) is 11.7. The third-order valence-corrected chi connectivity index (χ3v) is 9.44. The third kappa shape index (κ3) is 6.05. The normalized spacial score (nSPS) is 34.5. The summed E-state index contributed by atoms with van der Waals surface area (Å²) < 4.78 is 51.9. The van der Waals surface area contributed by atoms with Crippen LogP contribution in [0.5, 0.6) is 0 Å². The first-order chi connectivity index (χ1) is 16.9. The Kier molecular flexibility index (Phi) is 8.82. The van der Waals surface area contributed by atoms with Crippen molar-refractivity contribution in [3.8, 4) is 0 Å². The van der Waals surface area contributed by atoms with E-state index in [9.17, 15) is 13.0 Å². The number of fused-ring (bicyclic) bond motifs is 2. The van der Waals surface area contributed by atoms with Gasteiger partial charge in [-0.2, -0.15) is 13.0 Å². The summed E-state index contributed by atoms with van der Waals surface area (Å²) in [6.07, 6.45) is 13.9. The second-order valence-corrected chi connectivity index (χ2v) is 11.9. The Hall–Kier alpha value is -1.57. The standard InChI is InChI=1S/C23H34N2O8S2/c1-3-24-18-14-16(34-33-32-26)10-12-20(18)30-22(24)8-6-5-7-9-23-25(4-2)19-15-17(35(27,28)29)11-13-21(19)31-23/h5-9,16-21H,3-4,10-15H2,1-2H3,(H-,26,27,28,29)/p+1. The lowest BCUT2D eigenvalue weighted by atomic mass is 9.92. The second-order valence-electron chi connectivity index (χ2n) is 9.23. The zero-order valence-electron chi connectivity index (χ0n) is 20.1. The van der Waals surface area contributed by atoms with Crippen molar-refractivity contribution >= 4 is 28.1 Å². The van der Waals surface area contributed by atoms with E-state index in [-0.39, 0.29) is 29.5 Å². The van der Waals surface area contributed by atoms with Crippen LogP contribution < -0.4 is 0 Å². The molecule has 4 aliphatic rings. The topological polar surface area (TPSA) is 118 Å². The molecule has 0 aromatic rings. The van der Waals surface area contributed by atoms with Crippen molar-refractivity contribution in [1.29, 1.82) is 0 Å². The first kappa shape index (κ1) is 26.5. The third-order valence-electron chi connectivity index (χ3n) is 7.33. The van der Waals surface area contributed by atoms with Crippen LogP contribution in [0.2, 0.25) is 0 Å². The SMILES string of the molecule is CCN1C(=CC=CC=CC2=[N+](CC)C3CC(SOOO)CCC3O2)OC2CCC(S(=O)(=O)O)CC21.